The second-order valence-corrected chi connectivity index (χ2v) is 9.00. The van der Waals surface area contributed by atoms with E-state index in [4.69, 9.17) is 9.47 Å². The Labute approximate surface area is 187 Å². The van der Waals surface area contributed by atoms with Crippen LogP contribution in [-0.4, -0.2) is 72.3 Å². The van der Waals surface area contributed by atoms with Crippen LogP contribution in [0.3, 0.4) is 0 Å². The standard InChI is InChI=1S/C17H25N3O6S.Na/c1-17(2,3)26-16(21)20-10-12-4-5-14(27(22,23)24)18-15(12)13(11-20)19-6-8-25-9-7-19;/h4-5,13H,6-11H2,1-3H3,(H,22,23,24);/q;+1/p-1. The van der Waals surface area contributed by atoms with Gasteiger partial charge >= 0.3 is 35.7 Å². The summed E-state index contributed by atoms with van der Waals surface area (Å²) in [4.78, 5) is 20.4. The molecule has 1 fully saturated rings. The molecule has 2 aliphatic rings. The molecule has 28 heavy (non-hydrogen) atoms. The first-order valence-electron chi connectivity index (χ1n) is 8.80. The van der Waals surface area contributed by atoms with Crippen LogP contribution in [0.2, 0.25) is 0 Å². The van der Waals surface area contributed by atoms with Crippen molar-refractivity contribution in [3.8, 4) is 0 Å². The summed E-state index contributed by atoms with van der Waals surface area (Å²) in [7, 11) is -4.65. The number of hydrogen-bond donors (Lipinski definition) is 0. The number of amides is 1. The van der Waals surface area contributed by atoms with Gasteiger partial charge in [0, 0.05) is 19.6 Å². The van der Waals surface area contributed by atoms with Gasteiger partial charge in [-0.25, -0.2) is 18.2 Å². The van der Waals surface area contributed by atoms with Crippen molar-refractivity contribution in [2.75, 3.05) is 32.8 Å². The third kappa shape index (κ3) is 5.65. The fraction of sp³-hybridized carbons (Fsp3) is 0.647. The van der Waals surface area contributed by atoms with Crippen LogP contribution in [0.4, 0.5) is 4.79 Å². The minimum absolute atomic E-state index is 0. The third-order valence-electron chi connectivity index (χ3n) is 4.45. The molecular weight excluding hydrogens is 397 g/mol. The number of aromatic nitrogens is 1. The van der Waals surface area contributed by atoms with E-state index >= 15 is 0 Å². The number of fused-ring (bicyclic) bond motifs is 1. The van der Waals surface area contributed by atoms with Crippen molar-refractivity contribution in [1.29, 1.82) is 0 Å². The Bertz CT molecular complexity index is 821. The number of carbonyl (C=O) groups is 1. The molecule has 2 aliphatic heterocycles. The molecule has 1 atom stereocenters. The molecule has 1 unspecified atom stereocenters. The Morgan fingerprint density at radius 3 is 2.50 bits per heavy atom. The molecule has 0 spiro atoms. The molecule has 0 radical (unpaired) electrons. The second kappa shape index (κ2) is 8.95. The Hall–Kier alpha value is -0.750. The summed E-state index contributed by atoms with van der Waals surface area (Å²) in [5.41, 5.74) is 0.606. The summed E-state index contributed by atoms with van der Waals surface area (Å²) < 4.78 is 45.1. The number of pyridine rings is 1. The first kappa shape index (κ1) is 23.5. The van der Waals surface area contributed by atoms with E-state index in [2.05, 4.69) is 9.88 Å². The topological polar surface area (TPSA) is 112 Å². The summed E-state index contributed by atoms with van der Waals surface area (Å²) >= 11 is 0. The minimum atomic E-state index is -4.65. The van der Waals surface area contributed by atoms with Gasteiger partial charge in [-0.2, -0.15) is 0 Å². The number of hydrogen-bond acceptors (Lipinski definition) is 8. The maximum atomic E-state index is 12.6. The van der Waals surface area contributed by atoms with Crippen molar-refractivity contribution in [2.24, 2.45) is 0 Å². The zero-order valence-electron chi connectivity index (χ0n) is 16.7. The van der Waals surface area contributed by atoms with Gasteiger partial charge in [-0.05, 0) is 32.4 Å². The average molecular weight is 421 g/mol. The van der Waals surface area contributed by atoms with E-state index in [0.29, 0.717) is 44.1 Å². The van der Waals surface area contributed by atoms with E-state index in [1.165, 1.54) is 6.07 Å². The van der Waals surface area contributed by atoms with E-state index in [1.54, 1.807) is 31.7 Å². The van der Waals surface area contributed by atoms with Gasteiger partial charge in [0.05, 0.1) is 31.5 Å². The molecule has 0 N–H and O–H groups in total. The molecule has 3 rings (SSSR count). The molecule has 3 heterocycles. The maximum Gasteiger partial charge on any atom is 1.00 e. The number of morpholine rings is 1. The molecule has 11 heteroatoms. The van der Waals surface area contributed by atoms with Gasteiger partial charge in [0.15, 0.2) is 0 Å². The predicted octanol–water partition coefficient (Wildman–Crippen LogP) is -1.89. The number of rotatable bonds is 2. The van der Waals surface area contributed by atoms with Crippen molar-refractivity contribution in [3.05, 3.63) is 23.4 Å². The summed E-state index contributed by atoms with van der Waals surface area (Å²) in [6.45, 7) is 8.29. The minimum Gasteiger partial charge on any atom is -0.743 e. The van der Waals surface area contributed by atoms with Crippen LogP contribution in [0.1, 0.15) is 38.1 Å². The van der Waals surface area contributed by atoms with Crippen LogP contribution in [0.15, 0.2) is 17.2 Å². The van der Waals surface area contributed by atoms with Gasteiger partial charge in [-0.1, -0.05) is 6.07 Å². The van der Waals surface area contributed by atoms with Crippen LogP contribution >= 0.6 is 0 Å². The van der Waals surface area contributed by atoms with Crippen molar-refractivity contribution in [1.82, 2.24) is 14.8 Å². The first-order chi connectivity index (χ1) is 12.5. The summed E-state index contributed by atoms with van der Waals surface area (Å²) in [5.74, 6) is 0. The second-order valence-electron chi connectivity index (χ2n) is 7.67. The Morgan fingerprint density at radius 1 is 1.29 bits per heavy atom. The Balaban J connectivity index is 0.00000280. The van der Waals surface area contributed by atoms with Crippen LogP contribution < -0.4 is 29.6 Å². The number of nitrogens with zero attached hydrogens (tertiary/aromatic N) is 3. The fourth-order valence-corrected chi connectivity index (χ4v) is 3.70. The molecule has 0 aliphatic carbocycles. The monoisotopic (exact) mass is 421 g/mol. The molecule has 1 amide bonds. The van der Waals surface area contributed by atoms with E-state index in [-0.39, 0.29) is 42.1 Å². The molecule has 0 aromatic carbocycles. The normalized spacial score (nSPS) is 20.9. The molecule has 150 valence electrons. The van der Waals surface area contributed by atoms with Crippen molar-refractivity contribution >= 4 is 16.2 Å². The van der Waals surface area contributed by atoms with Crippen molar-refractivity contribution in [2.45, 2.75) is 44.0 Å². The molecule has 9 nitrogen and oxygen atoms in total. The fourth-order valence-electron chi connectivity index (χ4n) is 3.26. The molecule has 1 saturated heterocycles. The van der Waals surface area contributed by atoms with E-state index in [0.717, 1.165) is 0 Å². The van der Waals surface area contributed by atoms with Crippen LogP contribution in [0, 0.1) is 0 Å². The predicted molar refractivity (Wildman–Crippen MR) is 94.0 cm³/mol. The van der Waals surface area contributed by atoms with Gasteiger partial charge in [0.25, 0.3) is 0 Å². The number of ether oxygens (including phenoxy) is 2. The SMILES string of the molecule is CC(C)(C)OC(=O)N1Cc2ccc(S(=O)(=O)[O-])nc2C(N2CCOCC2)C1.[Na+]. The maximum absolute atomic E-state index is 12.6. The smallest absolute Gasteiger partial charge is 0.743 e. The zero-order chi connectivity index (χ0) is 19.8. The van der Waals surface area contributed by atoms with E-state index in [9.17, 15) is 17.8 Å². The summed E-state index contributed by atoms with van der Waals surface area (Å²) in [6.07, 6.45) is -0.438. The molecule has 1 aromatic rings. The van der Waals surface area contributed by atoms with Gasteiger partial charge < -0.3 is 18.9 Å². The molecule has 0 saturated carbocycles. The summed E-state index contributed by atoms with van der Waals surface area (Å²) in [6, 6.07) is 2.42. The van der Waals surface area contributed by atoms with E-state index in [1.807, 2.05) is 0 Å². The van der Waals surface area contributed by atoms with Crippen molar-refractivity contribution in [3.63, 3.8) is 0 Å². The quantitative estimate of drug-likeness (QED) is 0.403. The largest absolute Gasteiger partial charge is 1.00 e. The zero-order valence-corrected chi connectivity index (χ0v) is 19.5. The van der Waals surface area contributed by atoms with Crippen LogP contribution in [0.5, 0.6) is 0 Å². The summed E-state index contributed by atoms with van der Waals surface area (Å²) in [5, 5.41) is -0.495. The average Bonchev–Trinajstić information content (AvgIpc) is 2.58. The van der Waals surface area contributed by atoms with Gasteiger partial charge in [0.1, 0.15) is 20.7 Å². The Morgan fingerprint density at radius 2 is 1.93 bits per heavy atom. The molecule has 1 aromatic heterocycles. The van der Waals surface area contributed by atoms with Gasteiger partial charge in [0.2, 0.25) is 0 Å². The van der Waals surface area contributed by atoms with Crippen LogP contribution in [0.25, 0.3) is 0 Å². The van der Waals surface area contributed by atoms with Gasteiger partial charge in [-0.15, -0.1) is 0 Å². The molecule has 0 bridgehead atoms. The first-order valence-corrected chi connectivity index (χ1v) is 10.2. The van der Waals surface area contributed by atoms with Crippen molar-refractivity contribution < 1.29 is 56.8 Å². The third-order valence-corrected chi connectivity index (χ3v) is 5.19. The van der Waals surface area contributed by atoms with Gasteiger partial charge in [-0.3, -0.25) is 4.90 Å². The Kier molecular flexibility index (Phi) is 7.52. The van der Waals surface area contributed by atoms with Crippen LogP contribution in [-0.2, 0) is 26.1 Å². The molecular formula is C17H24N3NaO6S. The number of carbonyl (C=O) groups excluding carboxylic acids is 1. The van der Waals surface area contributed by atoms with E-state index < -0.39 is 26.8 Å².